The quantitative estimate of drug-likeness (QED) is 0.370. The van der Waals surface area contributed by atoms with Gasteiger partial charge in [0.2, 0.25) is 11.8 Å². The highest BCUT2D eigenvalue weighted by Crippen LogP contribution is 2.11. The van der Waals surface area contributed by atoms with E-state index in [9.17, 15) is 9.59 Å². The van der Waals surface area contributed by atoms with E-state index < -0.39 is 0 Å². The highest BCUT2D eigenvalue weighted by Gasteiger charge is 2.25. The fourth-order valence-electron chi connectivity index (χ4n) is 3.07. The molecule has 7 nitrogen and oxygen atoms in total. The Balaban J connectivity index is 2.47. The zero-order valence-electron chi connectivity index (χ0n) is 16.5. The van der Waals surface area contributed by atoms with Gasteiger partial charge in [0.05, 0.1) is 6.54 Å². The van der Waals surface area contributed by atoms with Gasteiger partial charge >= 0.3 is 0 Å². The molecule has 2 amide bonds. The molecule has 1 fully saturated rings. The maximum Gasteiger partial charge on any atom is 0.229 e. The van der Waals surface area contributed by atoms with Gasteiger partial charge < -0.3 is 10.6 Å². The molecule has 1 rings (SSSR count). The van der Waals surface area contributed by atoms with E-state index in [1.54, 1.807) is 0 Å². The molecule has 7 heteroatoms. The minimum absolute atomic E-state index is 0.0653. The molecule has 0 atom stereocenters. The number of likely N-dealkylation sites (tertiary alicyclic amines) is 1. The van der Waals surface area contributed by atoms with Crippen LogP contribution in [0.15, 0.2) is 4.99 Å². The first-order valence-electron chi connectivity index (χ1n) is 9.47. The van der Waals surface area contributed by atoms with Crippen LogP contribution in [0, 0.1) is 0 Å². The molecule has 0 aromatic rings. The zero-order chi connectivity index (χ0) is 18.8. The van der Waals surface area contributed by atoms with E-state index in [2.05, 4.69) is 48.2 Å². The first kappa shape index (κ1) is 21.4. The highest BCUT2D eigenvalue weighted by molar-refractivity contribution is 5.97. The third kappa shape index (κ3) is 7.42. The van der Waals surface area contributed by atoms with Crippen LogP contribution in [0.25, 0.3) is 0 Å². The predicted octanol–water partition coefficient (Wildman–Crippen LogP) is 1.20. The molecular weight excluding hydrogens is 318 g/mol. The van der Waals surface area contributed by atoms with Gasteiger partial charge in [0.15, 0.2) is 5.96 Å². The Morgan fingerprint density at radius 3 is 2.24 bits per heavy atom. The van der Waals surface area contributed by atoms with E-state index in [0.717, 1.165) is 19.0 Å². The minimum atomic E-state index is -0.0653. The molecule has 1 heterocycles. The standard InChI is InChI=1S/C18H35N5O2/c1-6-19-18(20-10-12-22(14(2)3)15(4)5)21-11-13-23-16(24)8-7-9-17(23)25/h14-15H,6-13H2,1-5H3,(H2,19,20,21). The van der Waals surface area contributed by atoms with E-state index >= 15 is 0 Å². The lowest BCUT2D eigenvalue weighted by Crippen LogP contribution is -2.46. The number of amides is 2. The molecule has 0 aromatic heterocycles. The molecule has 1 saturated heterocycles. The van der Waals surface area contributed by atoms with Gasteiger partial charge in [-0.3, -0.25) is 24.4 Å². The summed E-state index contributed by atoms with van der Waals surface area (Å²) in [5, 5.41) is 6.42. The number of hydrogen-bond acceptors (Lipinski definition) is 4. The second-order valence-electron chi connectivity index (χ2n) is 6.91. The van der Waals surface area contributed by atoms with Crippen molar-refractivity contribution < 1.29 is 9.59 Å². The molecule has 0 aliphatic carbocycles. The number of guanidine groups is 1. The molecule has 0 saturated carbocycles. The monoisotopic (exact) mass is 353 g/mol. The van der Waals surface area contributed by atoms with Crippen molar-refractivity contribution in [2.45, 2.75) is 66.0 Å². The van der Waals surface area contributed by atoms with Crippen LogP contribution in [0.2, 0.25) is 0 Å². The fourth-order valence-corrected chi connectivity index (χ4v) is 3.07. The average Bonchev–Trinajstić information content (AvgIpc) is 2.53. The van der Waals surface area contributed by atoms with Crippen molar-refractivity contribution in [3.8, 4) is 0 Å². The summed E-state index contributed by atoms with van der Waals surface area (Å²) in [6, 6.07) is 0.976. The third-order valence-electron chi connectivity index (χ3n) is 4.31. The summed E-state index contributed by atoms with van der Waals surface area (Å²) >= 11 is 0. The van der Waals surface area contributed by atoms with Crippen molar-refractivity contribution in [1.29, 1.82) is 0 Å². The van der Waals surface area contributed by atoms with Crippen LogP contribution in [0.3, 0.4) is 0 Å². The maximum atomic E-state index is 11.8. The van der Waals surface area contributed by atoms with Crippen LogP contribution in [-0.4, -0.2) is 72.4 Å². The Hall–Kier alpha value is -1.63. The maximum absolute atomic E-state index is 11.8. The predicted molar refractivity (Wildman–Crippen MR) is 102 cm³/mol. The van der Waals surface area contributed by atoms with Crippen molar-refractivity contribution in [3.63, 3.8) is 0 Å². The van der Waals surface area contributed by atoms with Gasteiger partial charge in [0.1, 0.15) is 0 Å². The Bertz CT molecular complexity index is 438. The van der Waals surface area contributed by atoms with Crippen molar-refractivity contribution in [2.75, 3.05) is 32.7 Å². The molecule has 1 aliphatic rings. The van der Waals surface area contributed by atoms with Crippen molar-refractivity contribution in [3.05, 3.63) is 0 Å². The summed E-state index contributed by atoms with van der Waals surface area (Å²) in [6.45, 7) is 14.1. The average molecular weight is 354 g/mol. The second-order valence-corrected chi connectivity index (χ2v) is 6.91. The number of carbonyl (C=O) groups excluding carboxylic acids is 2. The highest BCUT2D eigenvalue weighted by atomic mass is 16.2. The lowest BCUT2D eigenvalue weighted by atomic mass is 10.1. The van der Waals surface area contributed by atoms with Gasteiger partial charge in [0, 0.05) is 51.1 Å². The molecule has 2 N–H and O–H groups in total. The number of hydrogen-bond donors (Lipinski definition) is 2. The van der Waals surface area contributed by atoms with Gasteiger partial charge in [-0.05, 0) is 41.0 Å². The summed E-state index contributed by atoms with van der Waals surface area (Å²) in [4.78, 5) is 32.0. The molecular formula is C18H35N5O2. The van der Waals surface area contributed by atoms with Crippen LogP contribution < -0.4 is 10.6 Å². The van der Waals surface area contributed by atoms with E-state index in [1.807, 2.05) is 6.92 Å². The third-order valence-corrected chi connectivity index (χ3v) is 4.31. The summed E-state index contributed by atoms with van der Waals surface area (Å²) in [6.07, 6.45) is 1.62. The topological polar surface area (TPSA) is 77.0 Å². The fraction of sp³-hybridized carbons (Fsp3) is 0.833. The lowest BCUT2D eigenvalue weighted by molar-refractivity contribution is -0.147. The van der Waals surface area contributed by atoms with Gasteiger partial charge in [-0.2, -0.15) is 0 Å². The number of imide groups is 1. The van der Waals surface area contributed by atoms with Gasteiger partial charge in [-0.25, -0.2) is 0 Å². The van der Waals surface area contributed by atoms with Crippen molar-refractivity contribution in [2.24, 2.45) is 4.99 Å². The Kier molecular flexibility index (Phi) is 9.49. The molecule has 144 valence electrons. The normalized spacial score (nSPS) is 16.3. The number of nitrogens with one attached hydrogen (secondary N) is 2. The van der Waals surface area contributed by atoms with Crippen LogP contribution in [-0.2, 0) is 9.59 Å². The number of piperidine rings is 1. The number of nitrogens with zero attached hydrogens (tertiary/aromatic N) is 3. The molecule has 25 heavy (non-hydrogen) atoms. The smallest absolute Gasteiger partial charge is 0.229 e. The Morgan fingerprint density at radius 2 is 1.72 bits per heavy atom. The van der Waals surface area contributed by atoms with Gasteiger partial charge in [-0.1, -0.05) is 0 Å². The molecule has 1 aliphatic heterocycles. The SMILES string of the molecule is CCNC(=NCCN(C(C)C)C(C)C)NCCN1C(=O)CCCC1=O. The van der Waals surface area contributed by atoms with Crippen LogP contribution in [0.4, 0.5) is 0 Å². The van der Waals surface area contributed by atoms with E-state index in [0.29, 0.717) is 51.0 Å². The number of carbonyl (C=O) groups is 2. The first-order valence-corrected chi connectivity index (χ1v) is 9.47. The van der Waals surface area contributed by atoms with E-state index in [1.165, 1.54) is 4.90 Å². The van der Waals surface area contributed by atoms with Crippen LogP contribution in [0.5, 0.6) is 0 Å². The first-order chi connectivity index (χ1) is 11.9. The van der Waals surface area contributed by atoms with Gasteiger partial charge in [0.25, 0.3) is 0 Å². The van der Waals surface area contributed by atoms with Crippen LogP contribution >= 0.6 is 0 Å². The minimum Gasteiger partial charge on any atom is -0.357 e. The van der Waals surface area contributed by atoms with Crippen molar-refractivity contribution in [1.82, 2.24) is 20.4 Å². The molecule has 0 aromatic carbocycles. The van der Waals surface area contributed by atoms with Gasteiger partial charge in [-0.15, -0.1) is 0 Å². The summed E-state index contributed by atoms with van der Waals surface area (Å²) in [7, 11) is 0. The van der Waals surface area contributed by atoms with E-state index in [-0.39, 0.29) is 11.8 Å². The Morgan fingerprint density at radius 1 is 1.12 bits per heavy atom. The number of aliphatic imine (C=N–C) groups is 1. The largest absolute Gasteiger partial charge is 0.357 e. The summed E-state index contributed by atoms with van der Waals surface area (Å²) in [5.74, 6) is 0.598. The Labute approximate surface area is 152 Å². The molecule has 0 radical (unpaired) electrons. The molecule has 0 bridgehead atoms. The van der Waals surface area contributed by atoms with E-state index in [4.69, 9.17) is 0 Å². The molecule has 0 spiro atoms. The second kappa shape index (κ2) is 11.1. The lowest BCUT2D eigenvalue weighted by Gasteiger charge is -2.29. The van der Waals surface area contributed by atoms with Crippen molar-refractivity contribution >= 4 is 17.8 Å². The van der Waals surface area contributed by atoms with Crippen LogP contribution in [0.1, 0.15) is 53.9 Å². The molecule has 0 unspecified atom stereocenters. The zero-order valence-corrected chi connectivity index (χ0v) is 16.5. The summed E-state index contributed by atoms with van der Waals surface area (Å²) in [5.41, 5.74) is 0. The number of rotatable bonds is 9. The summed E-state index contributed by atoms with van der Waals surface area (Å²) < 4.78 is 0.